The van der Waals surface area contributed by atoms with E-state index in [1.165, 1.54) is 18.7 Å². The van der Waals surface area contributed by atoms with Crippen LogP contribution in [0.25, 0.3) is 0 Å². The van der Waals surface area contributed by atoms with E-state index < -0.39 is 9.84 Å². The highest BCUT2D eigenvalue weighted by Crippen LogP contribution is 2.42. The third-order valence-corrected chi connectivity index (χ3v) is 7.09. The topological polar surface area (TPSA) is 66.8 Å². The number of hydrogen-bond donors (Lipinski definition) is 0. The largest absolute Gasteiger partial charge is 0.315 e. The lowest BCUT2D eigenvalue weighted by atomic mass is 10.2. The van der Waals surface area contributed by atoms with E-state index in [1.54, 1.807) is 23.1 Å². The summed E-state index contributed by atoms with van der Waals surface area (Å²) in [5.41, 5.74) is 0.648. The average molecular weight is 379 g/mol. The summed E-state index contributed by atoms with van der Waals surface area (Å²) in [7, 11) is -3.09. The first-order valence-corrected chi connectivity index (χ1v) is 9.92. The third-order valence-electron chi connectivity index (χ3n) is 3.45. The van der Waals surface area contributed by atoms with Crippen LogP contribution in [0.1, 0.15) is 6.92 Å². The van der Waals surface area contributed by atoms with Crippen molar-refractivity contribution in [2.24, 2.45) is 4.99 Å². The van der Waals surface area contributed by atoms with Gasteiger partial charge in [0.2, 0.25) is 5.91 Å². The molecule has 2 aliphatic rings. The van der Waals surface area contributed by atoms with Crippen molar-refractivity contribution in [3.63, 3.8) is 0 Å². The van der Waals surface area contributed by atoms with Crippen LogP contribution in [0.2, 0.25) is 10.0 Å². The van der Waals surface area contributed by atoms with E-state index in [9.17, 15) is 13.2 Å². The average Bonchev–Trinajstić information content (AvgIpc) is 2.77. The molecule has 0 saturated carbocycles. The van der Waals surface area contributed by atoms with E-state index in [4.69, 9.17) is 23.2 Å². The van der Waals surface area contributed by atoms with Gasteiger partial charge < -0.3 is 4.90 Å². The summed E-state index contributed by atoms with van der Waals surface area (Å²) < 4.78 is 23.8. The number of carbonyl (C=O) groups excluding carboxylic acids is 1. The highest BCUT2D eigenvalue weighted by Gasteiger charge is 2.49. The molecule has 1 aromatic rings. The Morgan fingerprint density at radius 3 is 2.50 bits per heavy atom. The van der Waals surface area contributed by atoms with E-state index >= 15 is 0 Å². The Morgan fingerprint density at radius 2 is 1.91 bits per heavy atom. The molecule has 0 N–H and O–H groups in total. The second kappa shape index (κ2) is 5.70. The fraction of sp³-hybridized carbons (Fsp3) is 0.385. The fourth-order valence-electron chi connectivity index (χ4n) is 2.68. The molecule has 1 aromatic carbocycles. The maximum Gasteiger partial charge on any atom is 0.244 e. The Hall–Kier alpha value is -0.760. The first-order valence-electron chi connectivity index (χ1n) is 6.47. The molecule has 9 heteroatoms. The maximum atomic E-state index is 11.9. The van der Waals surface area contributed by atoms with Gasteiger partial charge in [0.25, 0.3) is 0 Å². The van der Waals surface area contributed by atoms with E-state index in [0.717, 1.165) is 0 Å². The molecule has 1 amide bonds. The van der Waals surface area contributed by atoms with Gasteiger partial charge in [0.15, 0.2) is 15.0 Å². The second-order valence-electron chi connectivity index (χ2n) is 5.21. The molecule has 0 unspecified atom stereocenters. The van der Waals surface area contributed by atoms with Crippen LogP contribution in [0.3, 0.4) is 0 Å². The molecule has 0 aromatic heterocycles. The maximum absolute atomic E-state index is 11.9. The lowest BCUT2D eigenvalue weighted by Crippen LogP contribution is -2.37. The molecule has 0 radical (unpaired) electrons. The number of halogens is 2. The van der Waals surface area contributed by atoms with Gasteiger partial charge in [-0.05, 0) is 18.2 Å². The predicted molar refractivity (Wildman–Crippen MR) is 90.9 cm³/mol. The van der Waals surface area contributed by atoms with Crippen molar-refractivity contribution >= 4 is 61.6 Å². The zero-order valence-corrected chi connectivity index (χ0v) is 14.6. The highest BCUT2D eigenvalue weighted by molar-refractivity contribution is 8.16. The number of sulfone groups is 1. The Balaban J connectivity index is 2.08. The predicted octanol–water partition coefficient (Wildman–Crippen LogP) is 2.61. The summed E-state index contributed by atoms with van der Waals surface area (Å²) in [5.74, 6) is -0.209. The van der Waals surface area contributed by atoms with Gasteiger partial charge in [0, 0.05) is 27.9 Å². The Bertz CT molecular complexity index is 759. The molecule has 2 heterocycles. The van der Waals surface area contributed by atoms with Crippen molar-refractivity contribution in [1.29, 1.82) is 0 Å². The lowest BCUT2D eigenvalue weighted by Gasteiger charge is -2.24. The molecule has 2 fully saturated rings. The molecule has 3 rings (SSSR count). The van der Waals surface area contributed by atoms with Crippen LogP contribution in [-0.2, 0) is 14.6 Å². The zero-order chi connectivity index (χ0) is 16.1. The van der Waals surface area contributed by atoms with Crippen LogP contribution in [0, 0.1) is 0 Å². The number of hydrogen-bond acceptors (Lipinski definition) is 4. The second-order valence-corrected chi connectivity index (χ2v) is 9.44. The monoisotopic (exact) mass is 378 g/mol. The first kappa shape index (κ1) is 16.1. The van der Waals surface area contributed by atoms with Crippen LogP contribution in [0.5, 0.6) is 0 Å². The Kier molecular flexibility index (Phi) is 4.18. The minimum absolute atomic E-state index is 0.0335. The smallest absolute Gasteiger partial charge is 0.244 e. The lowest BCUT2D eigenvalue weighted by molar-refractivity contribution is -0.115. The molecular formula is C13H12Cl2N2O3S2. The van der Waals surface area contributed by atoms with E-state index in [-0.39, 0.29) is 28.7 Å². The third kappa shape index (κ3) is 3.13. The van der Waals surface area contributed by atoms with Crippen LogP contribution >= 0.6 is 35.0 Å². The summed E-state index contributed by atoms with van der Waals surface area (Å²) >= 11 is 13.4. The molecule has 2 aliphatic heterocycles. The number of carbonyl (C=O) groups is 1. The summed E-state index contributed by atoms with van der Waals surface area (Å²) in [5, 5.41) is 1.24. The number of benzene rings is 1. The van der Waals surface area contributed by atoms with Gasteiger partial charge in [-0.25, -0.2) is 8.42 Å². The summed E-state index contributed by atoms with van der Waals surface area (Å²) in [6, 6.07) is 4.72. The first-order chi connectivity index (χ1) is 10.2. The van der Waals surface area contributed by atoms with Crippen molar-refractivity contribution in [1.82, 2.24) is 0 Å². The SMILES string of the molecule is CC(=O)N=C1S[C@@H]2CS(=O)(=O)C[C@H]2N1c1cc(Cl)cc(Cl)c1. The Labute approximate surface area is 142 Å². The molecule has 5 nitrogen and oxygen atoms in total. The minimum Gasteiger partial charge on any atom is -0.315 e. The summed E-state index contributed by atoms with van der Waals surface area (Å²) in [4.78, 5) is 17.1. The van der Waals surface area contributed by atoms with Gasteiger partial charge in [-0.1, -0.05) is 35.0 Å². The van der Waals surface area contributed by atoms with E-state index in [1.807, 2.05) is 0 Å². The number of amidine groups is 1. The summed E-state index contributed by atoms with van der Waals surface area (Å²) in [6.07, 6.45) is 0. The van der Waals surface area contributed by atoms with E-state index in [0.29, 0.717) is 20.9 Å². The summed E-state index contributed by atoms with van der Waals surface area (Å²) in [6.45, 7) is 1.36. The van der Waals surface area contributed by atoms with Gasteiger partial charge >= 0.3 is 0 Å². The molecular weight excluding hydrogens is 367 g/mol. The van der Waals surface area contributed by atoms with Crippen LogP contribution in [-0.4, -0.2) is 42.3 Å². The van der Waals surface area contributed by atoms with Gasteiger partial charge in [-0.2, -0.15) is 4.99 Å². The van der Waals surface area contributed by atoms with Gasteiger partial charge in [0.05, 0.1) is 17.5 Å². The van der Waals surface area contributed by atoms with Gasteiger partial charge in [-0.3, -0.25) is 4.79 Å². The molecule has 0 aliphatic carbocycles. The van der Waals surface area contributed by atoms with Crippen molar-refractivity contribution < 1.29 is 13.2 Å². The number of fused-ring (bicyclic) bond motifs is 1. The fourth-order valence-corrected chi connectivity index (χ4v) is 7.15. The molecule has 22 heavy (non-hydrogen) atoms. The molecule has 0 spiro atoms. The van der Waals surface area contributed by atoms with Crippen molar-refractivity contribution in [3.8, 4) is 0 Å². The zero-order valence-electron chi connectivity index (χ0n) is 11.5. The Morgan fingerprint density at radius 1 is 1.27 bits per heavy atom. The molecule has 2 atom stereocenters. The van der Waals surface area contributed by atoms with Crippen molar-refractivity contribution in [2.45, 2.75) is 18.2 Å². The number of amides is 1. The van der Waals surface area contributed by atoms with Crippen LogP contribution in [0.4, 0.5) is 5.69 Å². The number of rotatable bonds is 1. The number of aliphatic imine (C=N–C) groups is 1. The molecule has 118 valence electrons. The van der Waals surface area contributed by atoms with Crippen molar-refractivity contribution in [3.05, 3.63) is 28.2 Å². The number of thioether (sulfide) groups is 1. The standard InChI is InChI=1S/C13H12Cl2N2O3S2/c1-7(18)16-13-17(10-3-8(14)2-9(15)4-10)11-5-22(19,20)6-12(11)21-13/h2-4,11-12H,5-6H2,1H3/t11-,12-/m1/s1. The number of anilines is 1. The highest BCUT2D eigenvalue weighted by atomic mass is 35.5. The van der Waals surface area contributed by atoms with E-state index in [2.05, 4.69) is 4.99 Å². The molecule has 0 bridgehead atoms. The minimum atomic E-state index is -3.09. The van der Waals surface area contributed by atoms with Crippen LogP contribution < -0.4 is 4.90 Å². The van der Waals surface area contributed by atoms with Gasteiger partial charge in [-0.15, -0.1) is 0 Å². The molecule has 2 saturated heterocycles. The van der Waals surface area contributed by atoms with Gasteiger partial charge in [0.1, 0.15) is 0 Å². The quantitative estimate of drug-likeness (QED) is 0.751. The van der Waals surface area contributed by atoms with Crippen LogP contribution in [0.15, 0.2) is 23.2 Å². The number of nitrogens with zero attached hydrogens (tertiary/aromatic N) is 2. The van der Waals surface area contributed by atoms with Crippen molar-refractivity contribution in [2.75, 3.05) is 16.4 Å². The normalized spacial score (nSPS) is 28.1.